The number of ether oxygens (including phenoxy) is 1. The number of anilines is 1. The second kappa shape index (κ2) is 6.70. The van der Waals surface area contributed by atoms with E-state index in [0.29, 0.717) is 17.9 Å². The van der Waals surface area contributed by atoms with E-state index >= 15 is 0 Å². The lowest BCUT2D eigenvalue weighted by Crippen LogP contribution is -2.34. The van der Waals surface area contributed by atoms with Crippen molar-refractivity contribution in [3.63, 3.8) is 0 Å². The van der Waals surface area contributed by atoms with Crippen LogP contribution in [0.4, 0.5) is 5.69 Å². The quantitative estimate of drug-likeness (QED) is 0.607. The van der Waals surface area contributed by atoms with Crippen LogP contribution in [0.5, 0.6) is 0 Å². The molecule has 0 radical (unpaired) electrons. The van der Waals surface area contributed by atoms with Crippen molar-refractivity contribution >= 4 is 15.7 Å². The highest BCUT2D eigenvalue weighted by Crippen LogP contribution is 2.23. The van der Waals surface area contributed by atoms with Crippen molar-refractivity contribution in [1.82, 2.24) is 4.31 Å². The average Bonchev–Trinajstić information content (AvgIpc) is 2.37. The van der Waals surface area contributed by atoms with Gasteiger partial charge in [-0.1, -0.05) is 12.1 Å². The fraction of sp³-hybridized carbons (Fsp3) is 0.385. The van der Waals surface area contributed by atoms with Gasteiger partial charge in [0.05, 0.1) is 11.5 Å². The summed E-state index contributed by atoms with van der Waals surface area (Å²) in [5.41, 5.74) is 6.79. The molecule has 106 valence electrons. The summed E-state index contributed by atoms with van der Waals surface area (Å²) < 4.78 is 31.4. The maximum atomic E-state index is 12.6. The molecule has 1 rings (SSSR count). The Morgan fingerprint density at radius 1 is 1.47 bits per heavy atom. The van der Waals surface area contributed by atoms with Gasteiger partial charge in [-0.05, 0) is 24.6 Å². The van der Waals surface area contributed by atoms with Crippen LogP contribution in [0, 0.1) is 6.92 Å². The molecular formula is C13H20N2O3S. The predicted molar refractivity (Wildman–Crippen MR) is 76.4 cm³/mol. The highest BCUT2D eigenvalue weighted by atomic mass is 32.2. The topological polar surface area (TPSA) is 72.6 Å². The van der Waals surface area contributed by atoms with Crippen LogP contribution in [0.2, 0.25) is 0 Å². The summed E-state index contributed by atoms with van der Waals surface area (Å²) in [6.45, 7) is 6.12. The zero-order valence-corrected chi connectivity index (χ0v) is 12.1. The smallest absolute Gasteiger partial charge is 0.243 e. The number of hydrogen-bond donors (Lipinski definition) is 1. The second-order valence-corrected chi connectivity index (χ2v) is 6.02. The Balaban J connectivity index is 3.18. The molecule has 0 amide bonds. The SMILES string of the molecule is C=CCN(CCOC)S(=O)(=O)c1cccc(N)c1C. The monoisotopic (exact) mass is 284 g/mol. The zero-order chi connectivity index (χ0) is 14.5. The highest BCUT2D eigenvalue weighted by Gasteiger charge is 2.25. The van der Waals surface area contributed by atoms with Gasteiger partial charge in [0.1, 0.15) is 0 Å². The Bertz CT molecular complexity index is 541. The minimum absolute atomic E-state index is 0.227. The molecule has 0 aliphatic carbocycles. The summed E-state index contributed by atoms with van der Waals surface area (Å²) in [7, 11) is -2.05. The summed E-state index contributed by atoms with van der Waals surface area (Å²) in [6, 6.07) is 4.88. The number of rotatable bonds is 7. The van der Waals surface area contributed by atoms with Crippen molar-refractivity contribution < 1.29 is 13.2 Å². The molecular weight excluding hydrogens is 264 g/mol. The Hall–Kier alpha value is -1.37. The molecule has 19 heavy (non-hydrogen) atoms. The first-order chi connectivity index (χ1) is 8.95. The largest absolute Gasteiger partial charge is 0.398 e. The number of nitrogens with two attached hydrogens (primary N) is 1. The maximum Gasteiger partial charge on any atom is 0.243 e. The van der Waals surface area contributed by atoms with Crippen molar-refractivity contribution in [1.29, 1.82) is 0 Å². The lowest BCUT2D eigenvalue weighted by Gasteiger charge is -2.21. The molecule has 5 nitrogen and oxygen atoms in total. The maximum absolute atomic E-state index is 12.6. The van der Waals surface area contributed by atoms with Gasteiger partial charge in [0.15, 0.2) is 0 Å². The van der Waals surface area contributed by atoms with Crippen LogP contribution in [0.25, 0.3) is 0 Å². The highest BCUT2D eigenvalue weighted by molar-refractivity contribution is 7.89. The molecule has 0 spiro atoms. The molecule has 1 aromatic rings. The van der Waals surface area contributed by atoms with Crippen molar-refractivity contribution in [2.75, 3.05) is 32.5 Å². The van der Waals surface area contributed by atoms with Gasteiger partial charge in [0.25, 0.3) is 0 Å². The first-order valence-electron chi connectivity index (χ1n) is 5.90. The van der Waals surface area contributed by atoms with Crippen LogP contribution >= 0.6 is 0 Å². The molecule has 0 saturated heterocycles. The molecule has 0 aliphatic rings. The first-order valence-corrected chi connectivity index (χ1v) is 7.34. The molecule has 1 aromatic carbocycles. The molecule has 0 fully saturated rings. The first kappa shape index (κ1) is 15.7. The van der Waals surface area contributed by atoms with Gasteiger partial charge in [-0.25, -0.2) is 8.42 Å². The van der Waals surface area contributed by atoms with E-state index < -0.39 is 10.0 Å². The number of sulfonamides is 1. The van der Waals surface area contributed by atoms with Gasteiger partial charge in [-0.2, -0.15) is 4.31 Å². The summed E-state index contributed by atoms with van der Waals surface area (Å²) in [4.78, 5) is 0.227. The van der Waals surface area contributed by atoms with E-state index in [2.05, 4.69) is 6.58 Å². The third kappa shape index (κ3) is 3.56. The van der Waals surface area contributed by atoms with Crippen molar-refractivity contribution in [3.05, 3.63) is 36.4 Å². The summed E-state index contributed by atoms with van der Waals surface area (Å²) >= 11 is 0. The minimum atomic E-state index is -3.59. The van der Waals surface area contributed by atoms with Crippen LogP contribution in [-0.2, 0) is 14.8 Å². The number of nitrogens with zero attached hydrogens (tertiary/aromatic N) is 1. The second-order valence-electron chi connectivity index (χ2n) is 4.11. The van der Waals surface area contributed by atoms with E-state index in [1.54, 1.807) is 31.2 Å². The van der Waals surface area contributed by atoms with E-state index in [0.717, 1.165) is 0 Å². The van der Waals surface area contributed by atoms with Gasteiger partial charge in [-0.3, -0.25) is 0 Å². The number of nitrogen functional groups attached to an aromatic ring is 1. The van der Waals surface area contributed by atoms with Crippen LogP contribution in [-0.4, -0.2) is 39.5 Å². The third-order valence-corrected chi connectivity index (χ3v) is 4.83. The fourth-order valence-corrected chi connectivity index (χ4v) is 3.35. The molecule has 0 atom stereocenters. The van der Waals surface area contributed by atoms with E-state index in [1.807, 2.05) is 0 Å². The van der Waals surface area contributed by atoms with Gasteiger partial charge >= 0.3 is 0 Å². The van der Waals surface area contributed by atoms with Gasteiger partial charge in [0, 0.05) is 25.9 Å². The predicted octanol–water partition coefficient (Wildman–Crippen LogP) is 1.40. The average molecular weight is 284 g/mol. The van der Waals surface area contributed by atoms with Gasteiger partial charge < -0.3 is 10.5 Å². The molecule has 6 heteroatoms. The van der Waals surface area contributed by atoms with Crippen LogP contribution < -0.4 is 5.73 Å². The van der Waals surface area contributed by atoms with Crippen molar-refractivity contribution in [3.8, 4) is 0 Å². The summed E-state index contributed by atoms with van der Waals surface area (Å²) in [6.07, 6.45) is 1.55. The van der Waals surface area contributed by atoms with E-state index in [9.17, 15) is 8.42 Å². The Morgan fingerprint density at radius 3 is 2.74 bits per heavy atom. The zero-order valence-electron chi connectivity index (χ0n) is 11.3. The van der Waals surface area contributed by atoms with Crippen molar-refractivity contribution in [2.45, 2.75) is 11.8 Å². The molecule has 0 heterocycles. The lowest BCUT2D eigenvalue weighted by atomic mass is 10.2. The Labute approximate surface area is 114 Å². The van der Waals surface area contributed by atoms with Crippen molar-refractivity contribution in [2.24, 2.45) is 0 Å². The number of methoxy groups -OCH3 is 1. The molecule has 0 unspecified atom stereocenters. The van der Waals surface area contributed by atoms with E-state index in [-0.39, 0.29) is 18.0 Å². The third-order valence-electron chi connectivity index (χ3n) is 2.82. The number of hydrogen-bond acceptors (Lipinski definition) is 4. The molecule has 0 aliphatic heterocycles. The summed E-state index contributed by atoms with van der Waals surface area (Å²) in [5.74, 6) is 0. The van der Waals surface area contributed by atoms with Crippen LogP contribution in [0.1, 0.15) is 5.56 Å². The lowest BCUT2D eigenvalue weighted by molar-refractivity contribution is 0.182. The molecule has 0 saturated carbocycles. The number of benzene rings is 1. The molecule has 0 aromatic heterocycles. The van der Waals surface area contributed by atoms with Gasteiger partial charge in [-0.15, -0.1) is 6.58 Å². The fourth-order valence-electron chi connectivity index (χ4n) is 1.70. The minimum Gasteiger partial charge on any atom is -0.398 e. The van der Waals surface area contributed by atoms with Gasteiger partial charge in [0.2, 0.25) is 10.0 Å². The Morgan fingerprint density at radius 2 is 2.16 bits per heavy atom. The van der Waals surface area contributed by atoms with E-state index in [4.69, 9.17) is 10.5 Å². The Kier molecular flexibility index (Phi) is 5.53. The summed E-state index contributed by atoms with van der Waals surface area (Å²) in [5, 5.41) is 0. The van der Waals surface area contributed by atoms with Crippen LogP contribution in [0.15, 0.2) is 35.7 Å². The molecule has 0 bridgehead atoms. The van der Waals surface area contributed by atoms with Crippen LogP contribution in [0.3, 0.4) is 0 Å². The normalized spacial score (nSPS) is 11.7. The standard InChI is InChI=1S/C13H20N2O3S/c1-4-8-15(9-10-18-3)19(16,17)13-7-5-6-12(14)11(13)2/h4-7H,1,8-10,14H2,2-3H3. The van der Waals surface area contributed by atoms with E-state index in [1.165, 1.54) is 11.4 Å². The molecule has 2 N–H and O–H groups in total.